The van der Waals surface area contributed by atoms with Crippen molar-refractivity contribution in [3.05, 3.63) is 21.4 Å². The van der Waals surface area contributed by atoms with E-state index in [1.165, 1.54) is 0 Å². The fourth-order valence-electron chi connectivity index (χ4n) is 1.10. The Labute approximate surface area is 73.5 Å². The molecule has 1 heteroatoms. The van der Waals surface area contributed by atoms with Gasteiger partial charge in [0.25, 0.3) is 0 Å². The van der Waals surface area contributed by atoms with Crippen LogP contribution in [0.25, 0.3) is 0 Å². The van der Waals surface area contributed by atoms with Crippen molar-refractivity contribution in [1.82, 2.24) is 0 Å². The maximum absolute atomic E-state index is 11.0. The van der Waals surface area contributed by atoms with Crippen LogP contribution < -0.4 is 5.43 Å². The highest BCUT2D eigenvalue weighted by Crippen LogP contribution is 2.09. The van der Waals surface area contributed by atoms with E-state index in [0.29, 0.717) is 0 Å². The van der Waals surface area contributed by atoms with Gasteiger partial charge in [-0.1, -0.05) is 32.1 Å². The van der Waals surface area contributed by atoms with Crippen LogP contribution in [0.15, 0.2) is 4.79 Å². The second kappa shape index (κ2) is 4.11. The van der Waals surface area contributed by atoms with E-state index < -0.39 is 0 Å². The summed E-state index contributed by atoms with van der Waals surface area (Å²) in [5.41, 5.74) is 1.98. The highest BCUT2D eigenvalue weighted by atomic mass is 16.1. The minimum absolute atomic E-state index is 0.209. The Morgan fingerprint density at radius 3 is 2.58 bits per heavy atom. The summed E-state index contributed by atoms with van der Waals surface area (Å²) < 4.78 is 0. The molecular weight excluding hydrogens is 148 g/mol. The molecule has 64 valence electrons. The Morgan fingerprint density at radius 1 is 1.25 bits per heavy atom. The Hall–Kier alpha value is -1.03. The lowest BCUT2D eigenvalue weighted by molar-refractivity contribution is 0.937. The van der Waals surface area contributed by atoms with Crippen molar-refractivity contribution < 1.29 is 0 Å². The minimum atomic E-state index is 0.209. The van der Waals surface area contributed by atoms with E-state index in [2.05, 4.69) is 25.7 Å². The van der Waals surface area contributed by atoms with Crippen LogP contribution in [0.3, 0.4) is 0 Å². The van der Waals surface area contributed by atoms with Gasteiger partial charge in [-0.05, 0) is 12.8 Å². The van der Waals surface area contributed by atoms with Crippen LogP contribution in [0.2, 0.25) is 0 Å². The lowest BCUT2D eigenvalue weighted by Gasteiger charge is -1.78. The van der Waals surface area contributed by atoms with Crippen molar-refractivity contribution in [2.24, 2.45) is 0 Å². The highest BCUT2D eigenvalue weighted by molar-refractivity contribution is 5.52. The summed E-state index contributed by atoms with van der Waals surface area (Å²) in [6, 6.07) is 0. The molecule has 0 radical (unpaired) electrons. The van der Waals surface area contributed by atoms with E-state index in [9.17, 15) is 4.79 Å². The third kappa shape index (κ3) is 1.98. The molecule has 0 saturated carbocycles. The van der Waals surface area contributed by atoms with Gasteiger partial charge in [-0.2, -0.15) is 0 Å². The summed E-state index contributed by atoms with van der Waals surface area (Å²) in [5, 5.41) is 0. The fourth-order valence-corrected chi connectivity index (χ4v) is 1.10. The lowest BCUT2D eigenvalue weighted by atomic mass is 10.2. The summed E-state index contributed by atoms with van der Waals surface area (Å²) >= 11 is 0. The molecule has 1 rings (SSSR count). The summed E-state index contributed by atoms with van der Waals surface area (Å²) in [4.78, 5) is 11.0. The molecule has 0 fully saturated rings. The van der Waals surface area contributed by atoms with Gasteiger partial charge in [-0.15, -0.1) is 0 Å². The molecule has 0 spiro atoms. The first-order valence-electron chi connectivity index (χ1n) is 4.58. The van der Waals surface area contributed by atoms with Crippen LogP contribution in [-0.4, -0.2) is 0 Å². The van der Waals surface area contributed by atoms with Gasteiger partial charge in [0.2, 0.25) is 0 Å². The smallest absolute Gasteiger partial charge is 0.199 e. The van der Waals surface area contributed by atoms with Gasteiger partial charge in [-0.25, -0.2) is 0 Å². The van der Waals surface area contributed by atoms with Gasteiger partial charge in [-0.3, -0.25) is 4.79 Å². The molecule has 0 saturated heterocycles. The van der Waals surface area contributed by atoms with Gasteiger partial charge in [0.15, 0.2) is 5.43 Å². The van der Waals surface area contributed by atoms with Crippen molar-refractivity contribution >= 4 is 0 Å². The first-order valence-corrected chi connectivity index (χ1v) is 4.58. The Balaban J connectivity index is 2.49. The first-order chi connectivity index (χ1) is 5.81. The van der Waals surface area contributed by atoms with E-state index in [4.69, 9.17) is 0 Å². The fraction of sp³-hybridized carbons (Fsp3) is 0.545. The quantitative estimate of drug-likeness (QED) is 0.621. The van der Waals surface area contributed by atoms with E-state index in [0.717, 1.165) is 36.8 Å². The predicted molar refractivity (Wildman–Crippen MR) is 50.9 cm³/mol. The third-order valence-electron chi connectivity index (χ3n) is 1.83. The largest absolute Gasteiger partial charge is 0.288 e. The number of rotatable bonds is 3. The van der Waals surface area contributed by atoms with E-state index >= 15 is 0 Å². The number of hydrogen-bond donors (Lipinski definition) is 0. The van der Waals surface area contributed by atoms with Crippen LogP contribution in [0, 0.1) is 11.8 Å². The molecule has 1 aromatic carbocycles. The normalized spacial score (nSPS) is 9.83. The lowest BCUT2D eigenvalue weighted by Crippen LogP contribution is -1.79. The molecular formula is C11H14O. The molecule has 0 aromatic heterocycles. The third-order valence-corrected chi connectivity index (χ3v) is 1.83. The average molecular weight is 162 g/mol. The first kappa shape index (κ1) is 9.06. The monoisotopic (exact) mass is 162 g/mol. The van der Waals surface area contributed by atoms with Crippen molar-refractivity contribution in [3.63, 3.8) is 0 Å². The molecule has 0 atom stereocenters. The molecule has 12 heavy (non-hydrogen) atoms. The summed E-state index contributed by atoms with van der Waals surface area (Å²) in [6.07, 6.45) is 3.92. The maximum atomic E-state index is 11.0. The van der Waals surface area contributed by atoms with Crippen molar-refractivity contribution in [2.45, 2.75) is 39.5 Å². The van der Waals surface area contributed by atoms with E-state index in [1.807, 2.05) is 0 Å². The summed E-state index contributed by atoms with van der Waals surface area (Å²) in [5.74, 6) is 5.91. The molecule has 0 aliphatic carbocycles. The van der Waals surface area contributed by atoms with E-state index in [-0.39, 0.29) is 5.43 Å². The highest BCUT2D eigenvalue weighted by Gasteiger charge is 2.18. The zero-order valence-electron chi connectivity index (χ0n) is 7.74. The molecule has 0 N–H and O–H groups in total. The van der Waals surface area contributed by atoms with Gasteiger partial charge in [0.1, 0.15) is 0 Å². The molecule has 0 heterocycles. The van der Waals surface area contributed by atoms with Crippen molar-refractivity contribution in [2.75, 3.05) is 0 Å². The zero-order chi connectivity index (χ0) is 8.97. The van der Waals surface area contributed by atoms with Crippen LogP contribution in [0.5, 0.6) is 0 Å². The molecule has 0 aliphatic heterocycles. The standard InChI is InChI=1S/C11H14O/c1-3-5-6-8-10-9(7-4-2)11(10)12/h3-5,7H2,1-2H3. The van der Waals surface area contributed by atoms with Crippen LogP contribution in [-0.2, 0) is 6.42 Å². The van der Waals surface area contributed by atoms with Crippen LogP contribution >= 0.6 is 0 Å². The maximum Gasteiger partial charge on any atom is 0.199 e. The number of hydrogen-bond acceptors (Lipinski definition) is 1. The second-order valence-corrected chi connectivity index (χ2v) is 2.98. The predicted octanol–water partition coefficient (Wildman–Crippen LogP) is 2.03. The Kier molecular flexibility index (Phi) is 3.10. The van der Waals surface area contributed by atoms with Crippen LogP contribution in [0.1, 0.15) is 44.2 Å². The van der Waals surface area contributed by atoms with E-state index in [1.54, 1.807) is 0 Å². The summed E-state index contributed by atoms with van der Waals surface area (Å²) in [6.45, 7) is 4.17. The molecule has 1 aromatic rings. The molecule has 0 aliphatic rings. The number of unbranched alkanes of at least 4 members (excludes halogenated alkanes) is 1. The minimum Gasteiger partial charge on any atom is -0.288 e. The topological polar surface area (TPSA) is 17.1 Å². The molecule has 1 nitrogen and oxygen atoms in total. The Bertz CT molecular complexity index is 316. The Morgan fingerprint density at radius 2 is 2.00 bits per heavy atom. The second-order valence-electron chi connectivity index (χ2n) is 2.98. The average Bonchev–Trinajstić information content (AvgIpc) is 2.65. The molecule has 0 unspecified atom stereocenters. The van der Waals surface area contributed by atoms with Crippen LogP contribution in [0.4, 0.5) is 0 Å². The van der Waals surface area contributed by atoms with Gasteiger partial charge in [0, 0.05) is 12.0 Å². The van der Waals surface area contributed by atoms with Gasteiger partial charge in [0.05, 0.1) is 5.56 Å². The van der Waals surface area contributed by atoms with Crippen molar-refractivity contribution in [1.29, 1.82) is 0 Å². The molecule has 0 amide bonds. The summed E-state index contributed by atoms with van der Waals surface area (Å²) in [7, 11) is 0. The SMILES string of the molecule is CCCC#Cc1c(CCC)c1=O. The zero-order valence-corrected chi connectivity index (χ0v) is 7.74. The van der Waals surface area contributed by atoms with Crippen molar-refractivity contribution in [3.8, 4) is 11.8 Å². The van der Waals surface area contributed by atoms with Gasteiger partial charge < -0.3 is 0 Å². The molecule has 0 bridgehead atoms. The van der Waals surface area contributed by atoms with Gasteiger partial charge >= 0.3 is 0 Å².